The number of nitrogens with zero attached hydrogens (tertiary/aromatic N) is 3. The number of hydrogen-bond acceptors (Lipinski definition) is 13. The van der Waals surface area contributed by atoms with Crippen LogP contribution in [0.25, 0.3) is 0 Å². The molecule has 1 N–H and O–H groups in total. The molecule has 0 bridgehead atoms. The van der Waals surface area contributed by atoms with Gasteiger partial charge in [-0.15, -0.1) is 23.5 Å². The van der Waals surface area contributed by atoms with Crippen LogP contribution in [0.15, 0.2) is 24.3 Å². The lowest BCUT2D eigenvalue weighted by molar-refractivity contribution is -0.385. The quantitative estimate of drug-likeness (QED) is 0.0713. The first-order valence-corrected chi connectivity index (χ1v) is 19.8. The van der Waals surface area contributed by atoms with Gasteiger partial charge in [0.1, 0.15) is 17.7 Å². The van der Waals surface area contributed by atoms with E-state index < -0.39 is 23.0 Å². The molecule has 0 saturated carbocycles. The fourth-order valence-electron chi connectivity index (χ4n) is 6.87. The van der Waals surface area contributed by atoms with Crippen LogP contribution >= 0.6 is 23.5 Å². The van der Waals surface area contributed by atoms with Gasteiger partial charge in [0.2, 0.25) is 5.91 Å². The summed E-state index contributed by atoms with van der Waals surface area (Å²) in [7, 11) is 2.87. The van der Waals surface area contributed by atoms with Gasteiger partial charge >= 0.3 is 5.97 Å². The summed E-state index contributed by atoms with van der Waals surface area (Å²) in [5.74, 6) is 1.18. The van der Waals surface area contributed by atoms with E-state index in [9.17, 15) is 29.3 Å². The number of likely N-dealkylation sites (tertiary alicyclic amines) is 1. The van der Waals surface area contributed by atoms with Crippen molar-refractivity contribution in [3.8, 4) is 23.0 Å². The molecule has 3 heterocycles. The van der Waals surface area contributed by atoms with Crippen molar-refractivity contribution in [3.05, 3.63) is 45.5 Å². The smallest absolute Gasteiger partial charge is 0.302 e. The predicted octanol–water partition coefficient (Wildman–Crippen LogP) is 5.39. The van der Waals surface area contributed by atoms with E-state index in [1.54, 1.807) is 34.5 Å². The maximum absolute atomic E-state index is 13.8. The maximum Gasteiger partial charge on any atom is 0.302 e. The zero-order valence-electron chi connectivity index (χ0n) is 30.5. The Labute approximate surface area is 316 Å². The molecule has 2 aromatic rings. The normalized spacial score (nSPS) is 19.3. The fourth-order valence-corrected chi connectivity index (χ4v) is 9.74. The molecule has 3 aliphatic rings. The third-order valence-electron chi connectivity index (χ3n) is 9.25. The molecule has 2 fully saturated rings. The highest BCUT2D eigenvalue weighted by molar-refractivity contribution is 8.17. The summed E-state index contributed by atoms with van der Waals surface area (Å²) in [5, 5.41) is 15.0. The van der Waals surface area contributed by atoms with Gasteiger partial charge in [0.25, 0.3) is 17.5 Å². The lowest BCUT2D eigenvalue weighted by atomic mass is 10.1. The molecule has 288 valence electrons. The summed E-state index contributed by atoms with van der Waals surface area (Å²) in [5.41, 5.74) is 0.148. The average Bonchev–Trinajstić information content (AvgIpc) is 3.78. The van der Waals surface area contributed by atoms with Gasteiger partial charge in [-0.1, -0.05) is 13.8 Å². The number of nitrogens with one attached hydrogen (secondary N) is 1. The lowest BCUT2D eigenvalue weighted by Crippen LogP contribution is -2.41. The lowest BCUT2D eigenvalue weighted by Gasteiger charge is -2.31. The van der Waals surface area contributed by atoms with Crippen molar-refractivity contribution in [2.24, 2.45) is 0 Å². The Morgan fingerprint density at radius 1 is 0.981 bits per heavy atom. The molecule has 2 aromatic carbocycles. The summed E-state index contributed by atoms with van der Waals surface area (Å²) in [4.78, 5) is 66.6. The second-order valence-electron chi connectivity index (χ2n) is 12.6. The van der Waals surface area contributed by atoms with E-state index in [4.69, 9.17) is 23.7 Å². The van der Waals surface area contributed by atoms with Crippen molar-refractivity contribution in [1.82, 2.24) is 9.80 Å². The van der Waals surface area contributed by atoms with Gasteiger partial charge in [0, 0.05) is 32.0 Å². The Hall–Kier alpha value is -4.38. The fraction of sp³-hybridized carbons (Fsp3) is 0.556. The van der Waals surface area contributed by atoms with E-state index in [2.05, 4.69) is 19.2 Å². The number of methoxy groups -OCH3 is 2. The highest BCUT2D eigenvalue weighted by Gasteiger charge is 2.44. The van der Waals surface area contributed by atoms with Crippen LogP contribution in [0.5, 0.6) is 23.0 Å². The molecular formula is C36H46N4O11S2. The number of nitro groups is 1. The molecule has 3 atom stereocenters. The largest absolute Gasteiger partial charge is 0.493 e. The molecular weight excluding hydrogens is 729 g/mol. The Bertz CT molecular complexity index is 1700. The van der Waals surface area contributed by atoms with Crippen LogP contribution in [0.1, 0.15) is 73.6 Å². The Morgan fingerprint density at radius 2 is 1.62 bits per heavy atom. The molecule has 0 radical (unpaired) electrons. The standard InChI is InChI=1S/C36H46N4O11S2/c1-6-52-36(53-7-2)26-11-10-12-38(26)35(44)24-17-30(48-5)32(19-27(24)40(45)46)50-14-9-8-13-49-31-18-25-23(16-29(31)47-4)34(43)39-20-22(51-21(3)41)15-28(39)33(42)37-25/h16-19,22,26,28,36H,6-15,20H2,1-5H3,(H,37,42)/t22-,26+,28+/m1/s1. The van der Waals surface area contributed by atoms with Crippen LogP contribution in [0.4, 0.5) is 11.4 Å². The molecule has 53 heavy (non-hydrogen) atoms. The van der Waals surface area contributed by atoms with Crippen molar-refractivity contribution in [2.45, 2.75) is 75.6 Å². The second kappa shape index (κ2) is 18.1. The number of carbonyl (C=O) groups excluding carboxylic acids is 4. The number of unbranched alkanes of at least 4 members (excludes halogenated alkanes) is 1. The van der Waals surface area contributed by atoms with Gasteiger partial charge in [-0.2, -0.15) is 0 Å². The number of rotatable bonds is 17. The van der Waals surface area contributed by atoms with Crippen molar-refractivity contribution in [2.75, 3.05) is 57.3 Å². The van der Waals surface area contributed by atoms with E-state index >= 15 is 0 Å². The first kappa shape index (κ1) is 39.8. The number of amides is 3. The van der Waals surface area contributed by atoms with Gasteiger partial charge in [-0.3, -0.25) is 29.3 Å². The van der Waals surface area contributed by atoms with Crippen LogP contribution in [0, 0.1) is 10.1 Å². The number of esters is 1. The monoisotopic (exact) mass is 774 g/mol. The molecule has 0 unspecified atom stereocenters. The van der Waals surface area contributed by atoms with E-state index in [-0.39, 0.29) is 88.5 Å². The minimum atomic E-state index is -0.781. The van der Waals surface area contributed by atoms with Crippen LogP contribution in [0.2, 0.25) is 0 Å². The summed E-state index contributed by atoms with van der Waals surface area (Å²) in [6.07, 6.45) is 2.34. The van der Waals surface area contributed by atoms with Gasteiger partial charge in [-0.05, 0) is 43.3 Å². The third-order valence-corrected chi connectivity index (χ3v) is 12.0. The molecule has 15 nitrogen and oxygen atoms in total. The van der Waals surface area contributed by atoms with Gasteiger partial charge in [0.05, 0.1) is 66.8 Å². The first-order chi connectivity index (χ1) is 25.5. The molecule has 2 saturated heterocycles. The number of anilines is 1. The van der Waals surface area contributed by atoms with E-state index in [1.165, 1.54) is 44.2 Å². The van der Waals surface area contributed by atoms with Gasteiger partial charge in [0.15, 0.2) is 23.0 Å². The van der Waals surface area contributed by atoms with Crippen LogP contribution in [-0.2, 0) is 14.3 Å². The number of thioether (sulfide) groups is 2. The van der Waals surface area contributed by atoms with Gasteiger partial charge < -0.3 is 38.8 Å². The summed E-state index contributed by atoms with van der Waals surface area (Å²) in [6.45, 7) is 6.52. The van der Waals surface area contributed by atoms with Crippen LogP contribution in [0.3, 0.4) is 0 Å². The summed E-state index contributed by atoms with van der Waals surface area (Å²) < 4.78 is 28.4. The maximum atomic E-state index is 13.8. The number of nitro benzene ring substituents is 1. The number of benzene rings is 2. The number of fused-ring (bicyclic) bond motifs is 2. The van der Waals surface area contributed by atoms with Crippen molar-refractivity contribution < 1.29 is 47.8 Å². The van der Waals surface area contributed by atoms with Crippen molar-refractivity contribution >= 4 is 58.6 Å². The minimum absolute atomic E-state index is 0.0196. The zero-order valence-corrected chi connectivity index (χ0v) is 32.2. The average molecular weight is 775 g/mol. The highest BCUT2D eigenvalue weighted by atomic mass is 32.2. The predicted molar refractivity (Wildman–Crippen MR) is 201 cm³/mol. The summed E-state index contributed by atoms with van der Waals surface area (Å²) in [6, 6.07) is 4.92. The SMILES string of the molecule is CCSC(SCC)[C@@H]1CCCN1C(=O)c1cc(OC)c(OCCCCOc2cc3c(cc2OC)C(=O)N2C[C@H](OC(C)=O)C[C@H]2C(=O)N3)cc1[N+](=O)[O-]. The Balaban J connectivity index is 1.20. The van der Waals surface area contributed by atoms with E-state index in [0.717, 1.165) is 24.3 Å². The number of carbonyl (C=O) groups is 4. The highest BCUT2D eigenvalue weighted by Crippen LogP contribution is 2.40. The van der Waals surface area contributed by atoms with Crippen molar-refractivity contribution in [3.63, 3.8) is 0 Å². The Morgan fingerprint density at radius 3 is 2.23 bits per heavy atom. The molecule has 0 aliphatic carbocycles. The second-order valence-corrected chi connectivity index (χ2v) is 15.8. The van der Waals surface area contributed by atoms with E-state index in [0.29, 0.717) is 30.9 Å². The number of ether oxygens (including phenoxy) is 5. The van der Waals surface area contributed by atoms with Gasteiger partial charge in [-0.25, -0.2) is 0 Å². The number of hydrogen-bond donors (Lipinski definition) is 1. The molecule has 3 aliphatic heterocycles. The first-order valence-electron chi connectivity index (χ1n) is 17.7. The summed E-state index contributed by atoms with van der Waals surface area (Å²) >= 11 is 3.59. The zero-order chi connectivity index (χ0) is 38.2. The molecule has 0 aromatic heterocycles. The van der Waals surface area contributed by atoms with Crippen LogP contribution in [-0.4, -0.2) is 113 Å². The molecule has 3 amide bonds. The van der Waals surface area contributed by atoms with E-state index in [1.807, 2.05) is 0 Å². The molecule has 17 heteroatoms. The van der Waals surface area contributed by atoms with Crippen molar-refractivity contribution in [1.29, 1.82) is 0 Å². The molecule has 5 rings (SSSR count). The van der Waals surface area contributed by atoms with Crippen LogP contribution < -0.4 is 24.3 Å². The minimum Gasteiger partial charge on any atom is -0.493 e. The Kier molecular flexibility index (Phi) is 13.6. The third kappa shape index (κ3) is 9.05. The molecule has 0 spiro atoms. The topological polar surface area (TPSA) is 176 Å².